The highest BCUT2D eigenvalue weighted by atomic mass is 19.1. The molecule has 1 aliphatic rings. The average Bonchev–Trinajstić information content (AvgIpc) is 2.43. The van der Waals surface area contributed by atoms with Gasteiger partial charge in [0.15, 0.2) is 0 Å². The number of aliphatic carboxylic acids is 1. The summed E-state index contributed by atoms with van der Waals surface area (Å²) in [7, 11) is 0. The number of carbonyl (C=O) groups is 1. The van der Waals surface area contributed by atoms with E-state index in [1.54, 1.807) is 6.07 Å². The molecule has 1 fully saturated rings. The van der Waals surface area contributed by atoms with Crippen molar-refractivity contribution in [3.8, 4) is 0 Å². The minimum atomic E-state index is -1.02. The largest absolute Gasteiger partial charge is 0.478 e. The second-order valence-electron chi connectivity index (χ2n) is 5.99. The normalized spacial score (nSPS) is 23.6. The van der Waals surface area contributed by atoms with Crippen LogP contribution in [0, 0.1) is 17.7 Å². The van der Waals surface area contributed by atoms with E-state index in [2.05, 4.69) is 18.7 Å². The molecule has 1 heterocycles. The number of benzene rings is 1. The second kappa shape index (κ2) is 6.85. The maximum Gasteiger partial charge on any atom is 0.328 e. The van der Waals surface area contributed by atoms with Crippen molar-refractivity contribution in [1.82, 2.24) is 4.90 Å². The van der Waals surface area contributed by atoms with Crippen molar-refractivity contribution in [3.05, 3.63) is 41.2 Å². The van der Waals surface area contributed by atoms with Gasteiger partial charge in [0.1, 0.15) is 5.82 Å². The Bertz CT molecular complexity index is 542. The number of likely N-dealkylation sites (tertiary alicyclic amines) is 1. The van der Waals surface area contributed by atoms with E-state index in [0.29, 0.717) is 11.5 Å². The lowest BCUT2D eigenvalue weighted by Gasteiger charge is -2.35. The highest BCUT2D eigenvalue weighted by Crippen LogP contribution is 2.25. The first-order chi connectivity index (χ1) is 9.95. The summed E-state index contributed by atoms with van der Waals surface area (Å²) in [6, 6.07) is 4.58. The fourth-order valence-corrected chi connectivity index (χ4v) is 2.76. The molecular weight excluding hydrogens is 269 g/mol. The van der Waals surface area contributed by atoms with Crippen LogP contribution in [0.1, 0.15) is 31.4 Å². The third-order valence-corrected chi connectivity index (χ3v) is 4.33. The molecular formula is C17H22FNO2. The van der Waals surface area contributed by atoms with Gasteiger partial charge in [0.2, 0.25) is 0 Å². The molecule has 114 valence electrons. The smallest absolute Gasteiger partial charge is 0.328 e. The summed E-state index contributed by atoms with van der Waals surface area (Å²) in [5.41, 5.74) is 1.61. The molecule has 1 aromatic rings. The Kier molecular flexibility index (Phi) is 5.12. The molecule has 2 atom stereocenters. The predicted octanol–water partition coefficient (Wildman–Crippen LogP) is 3.40. The van der Waals surface area contributed by atoms with Crippen LogP contribution in [0.3, 0.4) is 0 Å². The van der Waals surface area contributed by atoms with E-state index < -0.39 is 5.97 Å². The van der Waals surface area contributed by atoms with Gasteiger partial charge in [-0.3, -0.25) is 4.90 Å². The lowest BCUT2D eigenvalue weighted by Crippen LogP contribution is -2.37. The topological polar surface area (TPSA) is 40.5 Å². The zero-order valence-corrected chi connectivity index (χ0v) is 12.6. The van der Waals surface area contributed by atoms with Gasteiger partial charge in [0.25, 0.3) is 0 Å². The molecule has 0 spiro atoms. The van der Waals surface area contributed by atoms with Crippen molar-refractivity contribution in [2.24, 2.45) is 11.8 Å². The number of carboxylic acids is 1. The van der Waals surface area contributed by atoms with E-state index in [1.807, 2.05) is 0 Å². The van der Waals surface area contributed by atoms with Crippen LogP contribution in [0.4, 0.5) is 4.39 Å². The van der Waals surface area contributed by atoms with Crippen LogP contribution in [-0.2, 0) is 11.3 Å². The lowest BCUT2D eigenvalue weighted by atomic mass is 9.88. The predicted molar refractivity (Wildman–Crippen MR) is 81.3 cm³/mol. The van der Waals surface area contributed by atoms with E-state index in [1.165, 1.54) is 24.6 Å². The van der Waals surface area contributed by atoms with Crippen molar-refractivity contribution in [2.75, 3.05) is 13.1 Å². The first-order valence-electron chi connectivity index (χ1n) is 7.37. The first kappa shape index (κ1) is 15.7. The summed E-state index contributed by atoms with van der Waals surface area (Å²) in [6.07, 6.45) is 3.69. The van der Waals surface area contributed by atoms with Crippen LogP contribution in [0.25, 0.3) is 6.08 Å². The van der Waals surface area contributed by atoms with Gasteiger partial charge < -0.3 is 5.11 Å². The van der Waals surface area contributed by atoms with E-state index in [-0.39, 0.29) is 5.82 Å². The first-order valence-corrected chi connectivity index (χ1v) is 7.37. The summed E-state index contributed by atoms with van der Waals surface area (Å²) in [5.74, 6) is 0.0214. The molecule has 1 aromatic carbocycles. The van der Waals surface area contributed by atoms with Gasteiger partial charge in [-0.15, -0.1) is 0 Å². The van der Waals surface area contributed by atoms with Crippen molar-refractivity contribution in [1.29, 1.82) is 0 Å². The molecule has 1 aliphatic heterocycles. The highest BCUT2D eigenvalue weighted by molar-refractivity contribution is 5.85. The quantitative estimate of drug-likeness (QED) is 0.864. The van der Waals surface area contributed by atoms with Crippen LogP contribution in [0.5, 0.6) is 0 Å². The Morgan fingerprint density at radius 2 is 2.19 bits per heavy atom. The van der Waals surface area contributed by atoms with Gasteiger partial charge in [-0.25, -0.2) is 9.18 Å². The summed E-state index contributed by atoms with van der Waals surface area (Å²) >= 11 is 0. The maximum absolute atomic E-state index is 13.4. The number of nitrogens with zero attached hydrogens (tertiary/aromatic N) is 1. The van der Waals surface area contributed by atoms with Crippen LogP contribution in [-0.4, -0.2) is 29.1 Å². The molecule has 0 aliphatic carbocycles. The van der Waals surface area contributed by atoms with Crippen molar-refractivity contribution >= 4 is 12.0 Å². The number of piperidine rings is 1. The molecule has 0 bridgehead atoms. The molecule has 21 heavy (non-hydrogen) atoms. The highest BCUT2D eigenvalue weighted by Gasteiger charge is 2.22. The van der Waals surface area contributed by atoms with Gasteiger partial charge in [-0.05, 0) is 54.1 Å². The van der Waals surface area contributed by atoms with E-state index >= 15 is 0 Å². The van der Waals surface area contributed by atoms with Gasteiger partial charge >= 0.3 is 5.97 Å². The van der Waals surface area contributed by atoms with Crippen LogP contribution in [0.15, 0.2) is 24.3 Å². The Morgan fingerprint density at radius 3 is 2.86 bits per heavy atom. The van der Waals surface area contributed by atoms with E-state index in [9.17, 15) is 9.18 Å². The molecule has 3 nitrogen and oxygen atoms in total. The minimum absolute atomic E-state index is 0.343. The molecule has 1 N–H and O–H groups in total. The zero-order chi connectivity index (χ0) is 15.4. The van der Waals surface area contributed by atoms with Crippen LogP contribution in [0.2, 0.25) is 0 Å². The van der Waals surface area contributed by atoms with Crippen LogP contribution >= 0.6 is 0 Å². The zero-order valence-electron chi connectivity index (χ0n) is 12.6. The van der Waals surface area contributed by atoms with Gasteiger partial charge in [0, 0.05) is 19.2 Å². The van der Waals surface area contributed by atoms with Gasteiger partial charge in [0.05, 0.1) is 0 Å². The number of carboxylic acid groups (broad SMARTS) is 1. The summed E-state index contributed by atoms with van der Waals surface area (Å²) in [6.45, 7) is 7.33. The summed E-state index contributed by atoms with van der Waals surface area (Å²) in [4.78, 5) is 13.0. The molecule has 0 radical (unpaired) electrons. The molecule has 0 amide bonds. The molecule has 1 saturated heterocycles. The SMILES string of the molecule is CC1CCN(Cc2ccc(F)cc2/C=C/C(=O)O)CC1C. The van der Waals surface area contributed by atoms with Crippen molar-refractivity contribution in [2.45, 2.75) is 26.8 Å². The standard InChI is InChI=1S/C17H22FNO2/c1-12-7-8-19(10-13(12)2)11-15-3-5-16(18)9-14(15)4-6-17(20)21/h3-6,9,12-13H,7-8,10-11H2,1-2H3,(H,20,21)/b6-4+. The van der Waals surface area contributed by atoms with Gasteiger partial charge in [-0.1, -0.05) is 19.9 Å². The molecule has 2 rings (SSSR count). The minimum Gasteiger partial charge on any atom is -0.478 e. The molecule has 4 heteroatoms. The summed E-state index contributed by atoms with van der Waals surface area (Å²) in [5, 5.41) is 8.73. The number of halogens is 1. The Hall–Kier alpha value is -1.68. The summed E-state index contributed by atoms with van der Waals surface area (Å²) < 4.78 is 13.4. The number of hydrogen-bond donors (Lipinski definition) is 1. The van der Waals surface area contributed by atoms with E-state index in [0.717, 1.165) is 37.2 Å². The molecule has 0 saturated carbocycles. The number of rotatable bonds is 4. The van der Waals surface area contributed by atoms with E-state index in [4.69, 9.17) is 5.11 Å². The van der Waals surface area contributed by atoms with Crippen molar-refractivity contribution < 1.29 is 14.3 Å². The fourth-order valence-electron chi connectivity index (χ4n) is 2.76. The van der Waals surface area contributed by atoms with Crippen LogP contribution < -0.4 is 0 Å². The fraction of sp³-hybridized carbons (Fsp3) is 0.471. The van der Waals surface area contributed by atoms with Crippen molar-refractivity contribution in [3.63, 3.8) is 0 Å². The average molecular weight is 291 g/mol. The Morgan fingerprint density at radius 1 is 1.43 bits per heavy atom. The monoisotopic (exact) mass is 291 g/mol. The second-order valence-corrected chi connectivity index (χ2v) is 5.99. The Balaban J connectivity index is 2.14. The molecule has 2 unspecified atom stereocenters. The third-order valence-electron chi connectivity index (χ3n) is 4.33. The maximum atomic E-state index is 13.4. The van der Waals surface area contributed by atoms with Gasteiger partial charge in [-0.2, -0.15) is 0 Å². The lowest BCUT2D eigenvalue weighted by molar-refractivity contribution is -0.131. The Labute approximate surface area is 125 Å². The number of hydrogen-bond acceptors (Lipinski definition) is 2. The third kappa shape index (κ3) is 4.39. The molecule has 0 aromatic heterocycles.